The van der Waals surface area contributed by atoms with Gasteiger partial charge in [0.1, 0.15) is 0 Å². The highest BCUT2D eigenvalue weighted by atomic mass is 16.2. The molecule has 0 aromatic carbocycles. The van der Waals surface area contributed by atoms with Crippen molar-refractivity contribution in [3.05, 3.63) is 24.0 Å². The van der Waals surface area contributed by atoms with Crippen molar-refractivity contribution >= 4 is 11.6 Å². The Morgan fingerprint density at radius 1 is 1.56 bits per heavy atom. The summed E-state index contributed by atoms with van der Waals surface area (Å²) < 4.78 is 0. The minimum Gasteiger partial charge on any atom is -0.364 e. The summed E-state index contributed by atoms with van der Waals surface area (Å²) in [6, 6.07) is 1.87. The van der Waals surface area contributed by atoms with E-state index in [1.54, 1.807) is 12.4 Å². The van der Waals surface area contributed by atoms with Crippen LogP contribution in [0.5, 0.6) is 0 Å². The molecule has 18 heavy (non-hydrogen) atoms. The Morgan fingerprint density at radius 3 is 2.89 bits per heavy atom. The minimum absolute atomic E-state index is 0.0121. The van der Waals surface area contributed by atoms with Gasteiger partial charge in [0.05, 0.1) is 18.4 Å². The van der Waals surface area contributed by atoms with E-state index in [1.807, 2.05) is 18.0 Å². The summed E-state index contributed by atoms with van der Waals surface area (Å²) in [7, 11) is 1.87. The van der Waals surface area contributed by atoms with Gasteiger partial charge in [-0.15, -0.1) is 0 Å². The van der Waals surface area contributed by atoms with Crippen molar-refractivity contribution in [3.8, 4) is 0 Å². The van der Waals surface area contributed by atoms with Crippen LogP contribution in [0.15, 0.2) is 18.5 Å². The summed E-state index contributed by atoms with van der Waals surface area (Å²) >= 11 is 0. The molecule has 3 N–H and O–H groups in total. The highest BCUT2D eigenvalue weighted by Gasteiger charge is 2.10. The SMILES string of the molecule is CC(C)CNC(=O)CN(C)c1cnccc1CN. The normalized spacial score (nSPS) is 10.5. The summed E-state index contributed by atoms with van der Waals surface area (Å²) in [5.74, 6) is 0.468. The Hall–Kier alpha value is -1.62. The topological polar surface area (TPSA) is 71.2 Å². The molecule has 1 amide bonds. The van der Waals surface area contributed by atoms with Gasteiger partial charge in [0, 0.05) is 26.3 Å². The molecule has 0 radical (unpaired) electrons. The summed E-state index contributed by atoms with van der Waals surface area (Å²) in [4.78, 5) is 17.7. The third kappa shape index (κ3) is 4.33. The van der Waals surface area contributed by atoms with Gasteiger partial charge in [-0.2, -0.15) is 0 Å². The van der Waals surface area contributed by atoms with Crippen molar-refractivity contribution < 1.29 is 4.79 Å². The molecule has 0 aliphatic carbocycles. The molecule has 0 spiro atoms. The molecule has 0 atom stereocenters. The molecular formula is C13H22N4O. The van der Waals surface area contributed by atoms with Gasteiger partial charge in [0.15, 0.2) is 0 Å². The van der Waals surface area contributed by atoms with E-state index in [1.165, 1.54) is 0 Å². The zero-order valence-corrected chi connectivity index (χ0v) is 11.3. The fourth-order valence-electron chi connectivity index (χ4n) is 1.61. The summed E-state index contributed by atoms with van der Waals surface area (Å²) in [6.45, 7) is 5.58. The van der Waals surface area contributed by atoms with Gasteiger partial charge in [0.25, 0.3) is 0 Å². The predicted molar refractivity (Wildman–Crippen MR) is 73.2 cm³/mol. The number of hydrogen-bond acceptors (Lipinski definition) is 4. The Bertz CT molecular complexity index is 392. The highest BCUT2D eigenvalue weighted by molar-refractivity contribution is 5.81. The molecule has 0 bridgehead atoms. The van der Waals surface area contributed by atoms with Crippen LogP contribution < -0.4 is 16.0 Å². The fraction of sp³-hybridized carbons (Fsp3) is 0.538. The molecule has 0 aliphatic heterocycles. The summed E-state index contributed by atoms with van der Waals surface area (Å²) in [5.41, 5.74) is 7.56. The fourth-order valence-corrected chi connectivity index (χ4v) is 1.61. The number of amides is 1. The van der Waals surface area contributed by atoms with Crippen LogP contribution in [0, 0.1) is 5.92 Å². The second-order valence-corrected chi connectivity index (χ2v) is 4.76. The molecule has 100 valence electrons. The van der Waals surface area contributed by atoms with Crippen molar-refractivity contribution in [2.24, 2.45) is 11.7 Å². The maximum absolute atomic E-state index is 11.7. The quantitative estimate of drug-likeness (QED) is 0.781. The van der Waals surface area contributed by atoms with E-state index < -0.39 is 0 Å². The van der Waals surface area contributed by atoms with Crippen molar-refractivity contribution in [2.45, 2.75) is 20.4 Å². The Balaban J connectivity index is 2.59. The van der Waals surface area contributed by atoms with Crippen molar-refractivity contribution in [2.75, 3.05) is 25.0 Å². The summed E-state index contributed by atoms with van der Waals surface area (Å²) in [5, 5.41) is 2.89. The number of likely N-dealkylation sites (N-methyl/N-ethyl adjacent to an activating group) is 1. The lowest BCUT2D eigenvalue weighted by atomic mass is 10.2. The lowest BCUT2D eigenvalue weighted by Crippen LogP contribution is -2.37. The lowest BCUT2D eigenvalue weighted by molar-refractivity contribution is -0.119. The minimum atomic E-state index is 0.0121. The maximum atomic E-state index is 11.7. The van der Waals surface area contributed by atoms with E-state index in [9.17, 15) is 4.79 Å². The van der Waals surface area contributed by atoms with E-state index >= 15 is 0 Å². The van der Waals surface area contributed by atoms with Crippen LogP contribution in [-0.2, 0) is 11.3 Å². The number of hydrogen-bond donors (Lipinski definition) is 2. The number of nitrogens with two attached hydrogens (primary N) is 1. The van der Waals surface area contributed by atoms with Gasteiger partial charge in [-0.3, -0.25) is 9.78 Å². The van der Waals surface area contributed by atoms with E-state index in [2.05, 4.69) is 24.1 Å². The molecule has 1 aromatic rings. The molecular weight excluding hydrogens is 228 g/mol. The first-order chi connectivity index (χ1) is 8.54. The number of rotatable bonds is 6. The van der Waals surface area contributed by atoms with Gasteiger partial charge in [-0.1, -0.05) is 13.8 Å². The zero-order chi connectivity index (χ0) is 13.5. The first-order valence-corrected chi connectivity index (χ1v) is 6.15. The van der Waals surface area contributed by atoms with E-state index in [-0.39, 0.29) is 5.91 Å². The van der Waals surface area contributed by atoms with Gasteiger partial charge in [-0.25, -0.2) is 0 Å². The number of carbonyl (C=O) groups excluding carboxylic acids is 1. The number of pyridine rings is 1. The van der Waals surface area contributed by atoms with Crippen LogP contribution in [0.2, 0.25) is 0 Å². The number of nitrogens with one attached hydrogen (secondary N) is 1. The van der Waals surface area contributed by atoms with Gasteiger partial charge in [0.2, 0.25) is 5.91 Å². The van der Waals surface area contributed by atoms with Gasteiger partial charge >= 0.3 is 0 Å². The molecule has 0 aliphatic rings. The van der Waals surface area contributed by atoms with E-state index in [4.69, 9.17) is 5.73 Å². The molecule has 0 saturated heterocycles. The third-order valence-corrected chi connectivity index (χ3v) is 2.61. The first-order valence-electron chi connectivity index (χ1n) is 6.15. The van der Waals surface area contributed by atoms with Crippen LogP contribution in [-0.4, -0.2) is 31.0 Å². The van der Waals surface area contributed by atoms with Gasteiger partial charge in [-0.05, 0) is 17.5 Å². The first kappa shape index (κ1) is 14.4. The molecule has 1 rings (SSSR count). The second-order valence-electron chi connectivity index (χ2n) is 4.76. The van der Waals surface area contributed by atoms with Crippen LogP contribution in [0.1, 0.15) is 19.4 Å². The van der Waals surface area contributed by atoms with E-state index in [0.29, 0.717) is 25.6 Å². The van der Waals surface area contributed by atoms with Gasteiger partial charge < -0.3 is 16.0 Å². The van der Waals surface area contributed by atoms with Crippen molar-refractivity contribution in [1.82, 2.24) is 10.3 Å². The number of nitrogens with zero attached hydrogens (tertiary/aromatic N) is 2. The molecule has 0 fully saturated rings. The van der Waals surface area contributed by atoms with Crippen LogP contribution in [0.25, 0.3) is 0 Å². The number of aromatic nitrogens is 1. The van der Waals surface area contributed by atoms with Crippen LogP contribution >= 0.6 is 0 Å². The smallest absolute Gasteiger partial charge is 0.239 e. The molecule has 5 heteroatoms. The molecule has 0 saturated carbocycles. The Labute approximate surface area is 108 Å². The number of anilines is 1. The van der Waals surface area contributed by atoms with Crippen molar-refractivity contribution in [1.29, 1.82) is 0 Å². The Morgan fingerprint density at radius 2 is 2.28 bits per heavy atom. The molecule has 1 aromatic heterocycles. The van der Waals surface area contributed by atoms with Crippen LogP contribution in [0.4, 0.5) is 5.69 Å². The molecule has 0 unspecified atom stereocenters. The largest absolute Gasteiger partial charge is 0.364 e. The molecule has 5 nitrogen and oxygen atoms in total. The average Bonchev–Trinajstić information content (AvgIpc) is 2.36. The summed E-state index contributed by atoms with van der Waals surface area (Å²) in [6.07, 6.45) is 3.44. The second kappa shape index (κ2) is 6.96. The number of carbonyl (C=O) groups is 1. The lowest BCUT2D eigenvalue weighted by Gasteiger charge is -2.21. The Kier molecular flexibility index (Phi) is 5.58. The monoisotopic (exact) mass is 250 g/mol. The maximum Gasteiger partial charge on any atom is 0.239 e. The molecule has 1 heterocycles. The van der Waals surface area contributed by atoms with Crippen molar-refractivity contribution in [3.63, 3.8) is 0 Å². The third-order valence-electron chi connectivity index (χ3n) is 2.61. The standard InChI is InChI=1S/C13H22N4O/c1-10(2)7-16-13(18)9-17(3)12-8-15-5-4-11(12)6-14/h4-5,8,10H,6-7,9,14H2,1-3H3,(H,16,18). The van der Waals surface area contributed by atoms with E-state index in [0.717, 1.165) is 11.3 Å². The zero-order valence-electron chi connectivity index (χ0n) is 11.3. The average molecular weight is 250 g/mol. The highest BCUT2D eigenvalue weighted by Crippen LogP contribution is 2.16. The predicted octanol–water partition coefficient (Wildman–Crippen LogP) is 0.749. The van der Waals surface area contributed by atoms with Crippen LogP contribution in [0.3, 0.4) is 0 Å².